The second-order valence-electron chi connectivity index (χ2n) is 4.09. The van der Waals surface area contributed by atoms with Gasteiger partial charge in [-0.05, 0) is 29.7 Å². The van der Waals surface area contributed by atoms with Crippen LogP contribution in [-0.4, -0.2) is 24.4 Å². The Morgan fingerprint density at radius 3 is 2.88 bits per heavy atom. The van der Waals surface area contributed by atoms with Crippen molar-refractivity contribution in [2.45, 2.75) is 11.3 Å². The number of nitrogens with two attached hydrogens (primary N) is 1. The van der Waals surface area contributed by atoms with Crippen LogP contribution in [0.5, 0.6) is 0 Å². The van der Waals surface area contributed by atoms with E-state index in [1.54, 1.807) is 18.3 Å². The molecule has 2 aromatic rings. The lowest BCUT2D eigenvalue weighted by Crippen LogP contribution is -1.98. The van der Waals surface area contributed by atoms with Gasteiger partial charge < -0.3 is 5.73 Å². The van der Waals surface area contributed by atoms with Crippen molar-refractivity contribution in [1.82, 2.24) is 10.2 Å². The lowest BCUT2D eigenvalue weighted by molar-refractivity contribution is 0.600. The van der Waals surface area contributed by atoms with Crippen LogP contribution in [0.4, 0.5) is 5.82 Å². The zero-order valence-electron chi connectivity index (χ0n) is 8.97. The Bertz CT molecular complexity index is 688. The fourth-order valence-electron chi connectivity index (χ4n) is 2.13. The van der Waals surface area contributed by atoms with Gasteiger partial charge in [-0.15, -0.1) is 0 Å². The monoisotopic (exact) mass is 249 g/mol. The second kappa shape index (κ2) is 3.33. The maximum atomic E-state index is 11.7. The summed E-state index contributed by atoms with van der Waals surface area (Å²) >= 11 is 0. The number of sulfone groups is 1. The Morgan fingerprint density at radius 2 is 2.18 bits per heavy atom. The Morgan fingerprint density at radius 1 is 1.35 bits per heavy atom. The average Bonchev–Trinajstić information content (AvgIpc) is 2.83. The first-order valence-corrected chi connectivity index (χ1v) is 6.88. The molecule has 3 N–H and O–H groups in total. The number of fused-ring (bicyclic) bond motifs is 1. The van der Waals surface area contributed by atoms with Gasteiger partial charge >= 0.3 is 0 Å². The van der Waals surface area contributed by atoms with E-state index >= 15 is 0 Å². The predicted octanol–water partition coefficient (Wildman–Crippen LogP) is 0.989. The molecule has 0 spiro atoms. The van der Waals surface area contributed by atoms with E-state index in [1.165, 1.54) is 0 Å². The summed E-state index contributed by atoms with van der Waals surface area (Å²) in [5, 5.41) is 6.51. The number of aromatic nitrogens is 2. The number of anilines is 1. The molecular formula is C11H11N3O2S. The van der Waals surface area contributed by atoms with Crippen molar-refractivity contribution >= 4 is 15.7 Å². The molecule has 0 atom stereocenters. The number of aryl methyl sites for hydroxylation is 1. The first-order valence-electron chi connectivity index (χ1n) is 5.23. The van der Waals surface area contributed by atoms with Crippen LogP contribution in [0.1, 0.15) is 5.56 Å². The van der Waals surface area contributed by atoms with Crippen LogP contribution in [0, 0.1) is 0 Å². The summed E-state index contributed by atoms with van der Waals surface area (Å²) in [5.41, 5.74) is 8.30. The maximum absolute atomic E-state index is 11.7. The van der Waals surface area contributed by atoms with Crippen LogP contribution in [0.3, 0.4) is 0 Å². The highest BCUT2D eigenvalue weighted by Gasteiger charge is 2.26. The van der Waals surface area contributed by atoms with Crippen LogP contribution >= 0.6 is 0 Å². The number of nitrogens with one attached hydrogen (secondary N) is 1. The van der Waals surface area contributed by atoms with Gasteiger partial charge in [0.05, 0.1) is 16.8 Å². The van der Waals surface area contributed by atoms with E-state index in [4.69, 9.17) is 5.73 Å². The first-order chi connectivity index (χ1) is 8.08. The minimum absolute atomic E-state index is 0.201. The molecule has 1 aliphatic heterocycles. The van der Waals surface area contributed by atoms with E-state index in [1.807, 2.05) is 6.07 Å². The molecule has 1 aromatic heterocycles. The Hall–Kier alpha value is -1.82. The van der Waals surface area contributed by atoms with Gasteiger partial charge in [-0.1, -0.05) is 6.07 Å². The zero-order chi connectivity index (χ0) is 12.0. The van der Waals surface area contributed by atoms with Crippen LogP contribution < -0.4 is 5.73 Å². The summed E-state index contributed by atoms with van der Waals surface area (Å²) in [5.74, 6) is 0.693. The molecule has 88 valence electrons. The number of nitrogen functional groups attached to an aromatic ring is 1. The smallest absolute Gasteiger partial charge is 0.178 e. The molecule has 0 saturated carbocycles. The van der Waals surface area contributed by atoms with Gasteiger partial charge in [-0.25, -0.2) is 8.42 Å². The number of nitrogens with zero attached hydrogens (tertiary/aromatic N) is 1. The lowest BCUT2D eigenvalue weighted by Gasteiger charge is -2.03. The van der Waals surface area contributed by atoms with E-state index in [0.29, 0.717) is 17.1 Å². The molecule has 5 nitrogen and oxygen atoms in total. The normalized spacial score (nSPS) is 16.9. The molecule has 0 unspecified atom stereocenters. The number of hydrogen-bond acceptors (Lipinski definition) is 4. The van der Waals surface area contributed by atoms with Crippen LogP contribution in [-0.2, 0) is 16.3 Å². The topological polar surface area (TPSA) is 88.8 Å². The highest BCUT2D eigenvalue weighted by molar-refractivity contribution is 7.91. The number of H-pyrrole nitrogens is 1. The van der Waals surface area contributed by atoms with Crippen molar-refractivity contribution in [3.8, 4) is 11.1 Å². The first kappa shape index (κ1) is 10.3. The van der Waals surface area contributed by atoms with E-state index in [0.717, 1.165) is 16.7 Å². The van der Waals surface area contributed by atoms with E-state index in [2.05, 4.69) is 10.2 Å². The van der Waals surface area contributed by atoms with Crippen molar-refractivity contribution in [2.75, 3.05) is 11.5 Å². The van der Waals surface area contributed by atoms with Crippen LogP contribution in [0.15, 0.2) is 29.3 Å². The van der Waals surface area contributed by atoms with E-state index in [9.17, 15) is 8.42 Å². The minimum atomic E-state index is -3.06. The quantitative estimate of drug-likeness (QED) is 0.788. The molecule has 0 saturated heterocycles. The predicted molar refractivity (Wildman–Crippen MR) is 64.2 cm³/mol. The summed E-state index contributed by atoms with van der Waals surface area (Å²) in [6, 6.07) is 5.30. The van der Waals surface area contributed by atoms with Gasteiger partial charge in [0.25, 0.3) is 0 Å². The highest BCUT2D eigenvalue weighted by Crippen LogP contribution is 2.31. The molecule has 3 rings (SSSR count). The fraction of sp³-hybridized carbons (Fsp3) is 0.182. The molecular weight excluding hydrogens is 238 g/mol. The molecule has 17 heavy (non-hydrogen) atoms. The summed E-state index contributed by atoms with van der Waals surface area (Å²) in [4.78, 5) is 0.448. The van der Waals surface area contributed by atoms with Gasteiger partial charge in [0, 0.05) is 5.56 Å². The number of benzene rings is 1. The third kappa shape index (κ3) is 1.52. The largest absolute Gasteiger partial charge is 0.384 e. The standard InChI is InChI=1S/C11H11N3O2S/c12-11-9(6-13-14-11)7-1-2-10-8(5-7)3-4-17(10,15)16/h1-2,5-6H,3-4H2,(H3,12,13,14). The van der Waals surface area contributed by atoms with Gasteiger partial charge in [0.2, 0.25) is 0 Å². The molecule has 0 fully saturated rings. The molecule has 1 aliphatic rings. The molecule has 0 radical (unpaired) electrons. The molecule has 6 heteroatoms. The van der Waals surface area contributed by atoms with Crippen molar-refractivity contribution in [1.29, 1.82) is 0 Å². The highest BCUT2D eigenvalue weighted by atomic mass is 32.2. The van der Waals surface area contributed by atoms with Crippen molar-refractivity contribution < 1.29 is 8.42 Å². The molecule has 0 amide bonds. The van der Waals surface area contributed by atoms with Gasteiger partial charge in [-0.3, -0.25) is 5.10 Å². The molecule has 0 bridgehead atoms. The summed E-state index contributed by atoms with van der Waals surface area (Å²) in [7, 11) is -3.06. The van der Waals surface area contributed by atoms with Crippen molar-refractivity contribution in [3.63, 3.8) is 0 Å². The molecule has 0 aliphatic carbocycles. The van der Waals surface area contributed by atoms with Crippen molar-refractivity contribution in [3.05, 3.63) is 30.0 Å². The van der Waals surface area contributed by atoms with Gasteiger partial charge in [-0.2, -0.15) is 5.10 Å². The molecule has 1 aromatic carbocycles. The van der Waals surface area contributed by atoms with E-state index in [-0.39, 0.29) is 5.75 Å². The Balaban J connectivity index is 2.16. The fourth-order valence-corrected chi connectivity index (χ4v) is 3.67. The lowest BCUT2D eigenvalue weighted by atomic mass is 10.0. The number of hydrogen-bond donors (Lipinski definition) is 2. The maximum Gasteiger partial charge on any atom is 0.178 e. The number of aromatic amines is 1. The van der Waals surface area contributed by atoms with Gasteiger partial charge in [0.15, 0.2) is 9.84 Å². The third-order valence-corrected chi connectivity index (χ3v) is 4.83. The SMILES string of the molecule is Nc1[nH]ncc1-c1ccc2c(c1)CCS2(=O)=O. The zero-order valence-corrected chi connectivity index (χ0v) is 9.79. The summed E-state index contributed by atoms with van der Waals surface area (Å²) < 4.78 is 23.3. The number of rotatable bonds is 1. The minimum Gasteiger partial charge on any atom is -0.384 e. The summed E-state index contributed by atoms with van der Waals surface area (Å²) in [6.07, 6.45) is 2.21. The Labute approximate surface area is 98.6 Å². The molecule has 2 heterocycles. The summed E-state index contributed by atoms with van der Waals surface area (Å²) in [6.45, 7) is 0. The van der Waals surface area contributed by atoms with Crippen LogP contribution in [0.25, 0.3) is 11.1 Å². The Kier molecular flexibility index (Phi) is 2.03. The van der Waals surface area contributed by atoms with Gasteiger partial charge in [0.1, 0.15) is 5.82 Å². The van der Waals surface area contributed by atoms with E-state index < -0.39 is 9.84 Å². The van der Waals surface area contributed by atoms with Crippen molar-refractivity contribution in [2.24, 2.45) is 0 Å². The second-order valence-corrected chi connectivity index (χ2v) is 6.17. The third-order valence-electron chi connectivity index (χ3n) is 3.02. The van der Waals surface area contributed by atoms with Crippen LogP contribution in [0.2, 0.25) is 0 Å². The average molecular weight is 249 g/mol.